The molecule has 1 saturated heterocycles. The molecule has 1 aliphatic rings. The van der Waals surface area contributed by atoms with Gasteiger partial charge in [0.25, 0.3) is 0 Å². The van der Waals surface area contributed by atoms with Gasteiger partial charge >= 0.3 is 0 Å². The van der Waals surface area contributed by atoms with Crippen LogP contribution in [0.3, 0.4) is 0 Å². The lowest BCUT2D eigenvalue weighted by molar-refractivity contribution is -0.126. The van der Waals surface area contributed by atoms with Gasteiger partial charge in [-0.2, -0.15) is 0 Å². The van der Waals surface area contributed by atoms with Crippen LogP contribution in [0.2, 0.25) is 5.02 Å². The molecule has 2 rings (SSSR count). The van der Waals surface area contributed by atoms with Gasteiger partial charge < -0.3 is 10.0 Å². The zero-order valence-electron chi connectivity index (χ0n) is 9.64. The van der Waals surface area contributed by atoms with E-state index in [4.69, 9.17) is 11.6 Å². The fraction of sp³-hybridized carbons (Fsp3) is 0.417. The number of rotatable bonds is 2. The van der Waals surface area contributed by atoms with Crippen LogP contribution in [0.1, 0.15) is 0 Å². The molecule has 0 aliphatic carbocycles. The van der Waals surface area contributed by atoms with E-state index < -0.39 is 6.04 Å². The van der Waals surface area contributed by atoms with Crippen LogP contribution >= 0.6 is 11.6 Å². The molecule has 0 bridgehead atoms. The van der Waals surface area contributed by atoms with Crippen molar-refractivity contribution in [2.75, 3.05) is 31.6 Å². The summed E-state index contributed by atoms with van der Waals surface area (Å²) in [5, 5.41) is 9.84. The maximum atomic E-state index is 12.2. The molecule has 1 atom stereocenters. The number of anilines is 1. The highest BCUT2D eigenvalue weighted by Crippen LogP contribution is 2.22. The van der Waals surface area contributed by atoms with Crippen LogP contribution in [-0.4, -0.2) is 48.7 Å². The molecule has 1 heterocycles. The number of hydrogen-bond donors (Lipinski definition) is 1. The van der Waals surface area contributed by atoms with Crippen molar-refractivity contribution in [2.45, 2.75) is 6.04 Å². The highest BCUT2D eigenvalue weighted by Gasteiger charge is 2.32. The molecule has 1 N–H and O–H groups in total. The first-order valence-corrected chi connectivity index (χ1v) is 5.89. The summed E-state index contributed by atoms with van der Waals surface area (Å²) >= 11 is 5.91. The van der Waals surface area contributed by atoms with E-state index in [1.807, 2.05) is 24.1 Å². The number of carbonyl (C=O) groups excluding carboxylic acids is 1. The van der Waals surface area contributed by atoms with Crippen molar-refractivity contribution in [1.82, 2.24) is 4.90 Å². The van der Waals surface area contributed by atoms with Gasteiger partial charge in [-0.1, -0.05) is 17.7 Å². The van der Waals surface area contributed by atoms with E-state index in [0.717, 1.165) is 12.2 Å². The zero-order chi connectivity index (χ0) is 12.4. The minimum absolute atomic E-state index is 0.0801. The monoisotopic (exact) mass is 254 g/mol. The topological polar surface area (TPSA) is 43.8 Å². The highest BCUT2D eigenvalue weighted by molar-refractivity contribution is 6.30. The molecule has 4 nitrogen and oxygen atoms in total. The largest absolute Gasteiger partial charge is 0.394 e. The minimum Gasteiger partial charge on any atom is -0.394 e. The lowest BCUT2D eigenvalue weighted by Gasteiger charge is -2.37. The maximum absolute atomic E-state index is 12.2. The zero-order valence-corrected chi connectivity index (χ0v) is 10.4. The van der Waals surface area contributed by atoms with E-state index in [2.05, 4.69) is 0 Å². The molecule has 1 aromatic carbocycles. The van der Waals surface area contributed by atoms with Crippen molar-refractivity contribution in [3.8, 4) is 0 Å². The molecule has 1 amide bonds. The van der Waals surface area contributed by atoms with Crippen molar-refractivity contribution < 1.29 is 9.90 Å². The van der Waals surface area contributed by atoms with Gasteiger partial charge in [0.15, 0.2) is 0 Å². The quantitative estimate of drug-likeness (QED) is 0.856. The van der Waals surface area contributed by atoms with Gasteiger partial charge in [0.05, 0.1) is 6.61 Å². The number of aliphatic hydroxyl groups is 1. The molecule has 1 aromatic rings. The Morgan fingerprint density at radius 3 is 2.88 bits per heavy atom. The molecule has 17 heavy (non-hydrogen) atoms. The number of amides is 1. The number of hydrogen-bond acceptors (Lipinski definition) is 3. The van der Waals surface area contributed by atoms with Crippen molar-refractivity contribution in [1.29, 1.82) is 0 Å². The molecule has 1 aliphatic heterocycles. The Bertz CT molecular complexity index is 425. The summed E-state index contributed by atoms with van der Waals surface area (Å²) in [4.78, 5) is 15.7. The Kier molecular flexibility index (Phi) is 3.66. The third kappa shape index (κ3) is 2.44. The standard InChI is InChI=1S/C12H15ClN2O2/c1-14-5-6-15(12(17)11(14)8-16)10-4-2-3-9(13)7-10/h2-4,7,11,16H,5-6,8H2,1H3. The summed E-state index contributed by atoms with van der Waals surface area (Å²) in [7, 11) is 1.84. The summed E-state index contributed by atoms with van der Waals surface area (Å²) in [6.07, 6.45) is 0. The summed E-state index contributed by atoms with van der Waals surface area (Å²) in [5.74, 6) is -0.0801. The Morgan fingerprint density at radius 2 is 2.24 bits per heavy atom. The van der Waals surface area contributed by atoms with Crippen LogP contribution < -0.4 is 4.90 Å². The average molecular weight is 255 g/mol. The third-order valence-corrected chi connectivity index (χ3v) is 3.29. The molecule has 0 spiro atoms. The number of halogens is 1. The molecule has 5 heteroatoms. The van der Waals surface area contributed by atoms with Gasteiger partial charge in [-0.3, -0.25) is 9.69 Å². The van der Waals surface area contributed by atoms with Crippen molar-refractivity contribution in [2.24, 2.45) is 0 Å². The number of carbonyl (C=O) groups is 1. The number of aliphatic hydroxyl groups excluding tert-OH is 1. The molecular weight excluding hydrogens is 240 g/mol. The van der Waals surface area contributed by atoms with Gasteiger partial charge in [0.2, 0.25) is 5.91 Å². The predicted molar refractivity (Wildman–Crippen MR) is 67.3 cm³/mol. The minimum atomic E-state index is -0.456. The fourth-order valence-electron chi connectivity index (χ4n) is 2.01. The average Bonchev–Trinajstić information content (AvgIpc) is 2.29. The van der Waals surface area contributed by atoms with Crippen LogP contribution in [0.25, 0.3) is 0 Å². The first-order valence-electron chi connectivity index (χ1n) is 5.51. The molecule has 1 unspecified atom stereocenters. The Balaban J connectivity index is 2.25. The van der Waals surface area contributed by atoms with Gasteiger partial charge in [0.1, 0.15) is 6.04 Å². The molecule has 1 fully saturated rings. The Morgan fingerprint density at radius 1 is 1.47 bits per heavy atom. The Hall–Kier alpha value is -1.10. The molecule has 0 radical (unpaired) electrons. The predicted octanol–water partition coefficient (Wildman–Crippen LogP) is 0.979. The second kappa shape index (κ2) is 5.04. The second-order valence-corrected chi connectivity index (χ2v) is 4.59. The number of likely N-dealkylation sites (N-methyl/N-ethyl adjacent to an activating group) is 1. The first-order chi connectivity index (χ1) is 8.13. The van der Waals surface area contributed by atoms with E-state index in [1.165, 1.54) is 0 Å². The second-order valence-electron chi connectivity index (χ2n) is 4.15. The molecule has 92 valence electrons. The SMILES string of the molecule is CN1CCN(c2cccc(Cl)c2)C(=O)C1CO. The van der Waals surface area contributed by atoms with Crippen molar-refractivity contribution in [3.63, 3.8) is 0 Å². The first kappa shape index (κ1) is 12.4. The molecular formula is C12H15ClN2O2. The number of piperazine rings is 1. The van der Waals surface area contributed by atoms with E-state index in [1.54, 1.807) is 17.0 Å². The Labute approximate surface area is 105 Å². The van der Waals surface area contributed by atoms with Gasteiger partial charge in [-0.05, 0) is 25.2 Å². The summed E-state index contributed by atoms with van der Waals surface area (Å²) in [6.45, 7) is 1.20. The van der Waals surface area contributed by atoms with E-state index >= 15 is 0 Å². The van der Waals surface area contributed by atoms with E-state index in [-0.39, 0.29) is 12.5 Å². The lowest BCUT2D eigenvalue weighted by Crippen LogP contribution is -2.57. The van der Waals surface area contributed by atoms with Crippen molar-refractivity contribution >= 4 is 23.2 Å². The van der Waals surface area contributed by atoms with Crippen LogP contribution in [0.4, 0.5) is 5.69 Å². The summed E-state index contributed by atoms with van der Waals surface area (Å²) in [6, 6.07) is 6.75. The van der Waals surface area contributed by atoms with Gasteiger partial charge in [-0.15, -0.1) is 0 Å². The van der Waals surface area contributed by atoms with Crippen LogP contribution in [0.15, 0.2) is 24.3 Å². The number of nitrogens with zero attached hydrogens (tertiary/aromatic N) is 2. The smallest absolute Gasteiger partial charge is 0.246 e. The van der Waals surface area contributed by atoms with Gasteiger partial charge in [-0.25, -0.2) is 0 Å². The lowest BCUT2D eigenvalue weighted by atomic mass is 10.1. The van der Waals surface area contributed by atoms with E-state index in [0.29, 0.717) is 11.6 Å². The van der Waals surface area contributed by atoms with Crippen LogP contribution in [0.5, 0.6) is 0 Å². The third-order valence-electron chi connectivity index (χ3n) is 3.05. The van der Waals surface area contributed by atoms with Crippen molar-refractivity contribution in [3.05, 3.63) is 29.3 Å². The fourth-order valence-corrected chi connectivity index (χ4v) is 2.19. The summed E-state index contributed by atoms with van der Waals surface area (Å²) in [5.41, 5.74) is 0.786. The molecule has 0 aromatic heterocycles. The molecule has 0 saturated carbocycles. The maximum Gasteiger partial charge on any atom is 0.246 e. The highest BCUT2D eigenvalue weighted by atomic mass is 35.5. The van der Waals surface area contributed by atoms with Crippen LogP contribution in [-0.2, 0) is 4.79 Å². The van der Waals surface area contributed by atoms with E-state index in [9.17, 15) is 9.90 Å². The normalized spacial score (nSPS) is 21.9. The van der Waals surface area contributed by atoms with Crippen LogP contribution in [0, 0.1) is 0 Å². The van der Waals surface area contributed by atoms with Gasteiger partial charge in [0, 0.05) is 23.8 Å². The number of benzene rings is 1. The summed E-state index contributed by atoms with van der Waals surface area (Å²) < 4.78 is 0.